The standard InChI is InChI=1S/C19H21NO4/c1-2-11-22-15-9-7-14(8-10-15)19(21)20-12-16-13-23-17-5-3-4-6-18(17)24-16/h3-10,16H,2,11-13H2,1H3,(H,20,21)/t16-/m1/s1. The van der Waals surface area contributed by atoms with Crippen LogP contribution in [0.15, 0.2) is 48.5 Å². The van der Waals surface area contributed by atoms with Gasteiger partial charge < -0.3 is 19.5 Å². The maximum absolute atomic E-state index is 12.2. The number of amides is 1. The fourth-order valence-electron chi connectivity index (χ4n) is 2.39. The van der Waals surface area contributed by atoms with E-state index in [0.717, 1.165) is 17.9 Å². The van der Waals surface area contributed by atoms with Crippen LogP contribution < -0.4 is 19.5 Å². The van der Waals surface area contributed by atoms with Crippen molar-refractivity contribution in [2.45, 2.75) is 19.4 Å². The zero-order valence-electron chi connectivity index (χ0n) is 13.7. The summed E-state index contributed by atoms with van der Waals surface area (Å²) >= 11 is 0. The van der Waals surface area contributed by atoms with Gasteiger partial charge in [-0.15, -0.1) is 0 Å². The molecule has 2 aromatic carbocycles. The molecule has 0 fully saturated rings. The first-order valence-electron chi connectivity index (χ1n) is 8.16. The van der Waals surface area contributed by atoms with Gasteiger partial charge in [0, 0.05) is 5.56 Å². The van der Waals surface area contributed by atoms with Crippen molar-refractivity contribution in [3.8, 4) is 17.2 Å². The van der Waals surface area contributed by atoms with Gasteiger partial charge >= 0.3 is 0 Å². The maximum atomic E-state index is 12.2. The number of hydrogen-bond donors (Lipinski definition) is 1. The number of carbonyl (C=O) groups excluding carboxylic acids is 1. The lowest BCUT2D eigenvalue weighted by atomic mass is 10.2. The first kappa shape index (κ1) is 16.2. The van der Waals surface area contributed by atoms with Crippen LogP contribution in [0.25, 0.3) is 0 Å². The van der Waals surface area contributed by atoms with Crippen LogP contribution in [0.4, 0.5) is 0 Å². The van der Waals surface area contributed by atoms with Gasteiger partial charge in [0.25, 0.3) is 5.91 Å². The molecule has 126 valence electrons. The van der Waals surface area contributed by atoms with Crippen LogP contribution in [0.1, 0.15) is 23.7 Å². The Morgan fingerprint density at radius 2 is 1.92 bits per heavy atom. The maximum Gasteiger partial charge on any atom is 0.251 e. The van der Waals surface area contributed by atoms with Gasteiger partial charge in [0.1, 0.15) is 18.5 Å². The van der Waals surface area contributed by atoms with Gasteiger partial charge in [0.05, 0.1) is 13.2 Å². The van der Waals surface area contributed by atoms with E-state index in [1.165, 1.54) is 0 Å². The highest BCUT2D eigenvalue weighted by Gasteiger charge is 2.21. The van der Waals surface area contributed by atoms with Crippen LogP contribution in [0, 0.1) is 0 Å². The molecule has 2 aromatic rings. The molecule has 24 heavy (non-hydrogen) atoms. The number of carbonyl (C=O) groups is 1. The van der Waals surface area contributed by atoms with E-state index < -0.39 is 0 Å². The molecule has 0 aromatic heterocycles. The van der Waals surface area contributed by atoms with Gasteiger partial charge in [-0.1, -0.05) is 19.1 Å². The summed E-state index contributed by atoms with van der Waals surface area (Å²) in [5, 5.41) is 2.88. The van der Waals surface area contributed by atoms with Gasteiger partial charge in [0.15, 0.2) is 11.5 Å². The van der Waals surface area contributed by atoms with Crippen molar-refractivity contribution < 1.29 is 19.0 Å². The Morgan fingerprint density at radius 1 is 1.17 bits per heavy atom. The number of para-hydroxylation sites is 2. The molecular formula is C19H21NO4. The molecule has 0 spiro atoms. The van der Waals surface area contributed by atoms with E-state index in [0.29, 0.717) is 31.1 Å². The minimum Gasteiger partial charge on any atom is -0.494 e. The molecule has 1 N–H and O–H groups in total. The lowest BCUT2D eigenvalue weighted by molar-refractivity contribution is 0.0789. The predicted molar refractivity (Wildman–Crippen MR) is 90.9 cm³/mol. The van der Waals surface area contributed by atoms with Crippen LogP contribution in [0.2, 0.25) is 0 Å². The van der Waals surface area contributed by atoms with Crippen LogP contribution in [-0.2, 0) is 0 Å². The SMILES string of the molecule is CCCOc1ccc(C(=O)NC[C@@H]2COc3ccccc3O2)cc1. The number of fused-ring (bicyclic) bond motifs is 1. The smallest absolute Gasteiger partial charge is 0.251 e. The Labute approximate surface area is 141 Å². The average molecular weight is 327 g/mol. The normalized spacial score (nSPS) is 15.6. The van der Waals surface area contributed by atoms with Gasteiger partial charge in [-0.3, -0.25) is 4.79 Å². The highest BCUT2D eigenvalue weighted by atomic mass is 16.6. The van der Waals surface area contributed by atoms with E-state index in [2.05, 4.69) is 12.2 Å². The van der Waals surface area contributed by atoms with Crippen molar-refractivity contribution in [3.05, 3.63) is 54.1 Å². The third-order valence-corrected chi connectivity index (χ3v) is 3.65. The highest BCUT2D eigenvalue weighted by Crippen LogP contribution is 2.30. The molecule has 3 rings (SSSR count). The minimum atomic E-state index is -0.198. The molecule has 0 unspecified atom stereocenters. The number of rotatable bonds is 6. The largest absolute Gasteiger partial charge is 0.494 e. The van der Waals surface area contributed by atoms with Crippen molar-refractivity contribution in [2.75, 3.05) is 19.8 Å². The van der Waals surface area contributed by atoms with Gasteiger partial charge in [-0.25, -0.2) is 0 Å². The minimum absolute atomic E-state index is 0.139. The quantitative estimate of drug-likeness (QED) is 0.886. The first-order chi connectivity index (χ1) is 11.8. The van der Waals surface area contributed by atoms with Gasteiger partial charge in [-0.05, 0) is 42.8 Å². The number of hydrogen-bond acceptors (Lipinski definition) is 4. The molecule has 1 amide bonds. The number of benzene rings is 2. The second-order valence-corrected chi connectivity index (χ2v) is 5.58. The molecule has 0 aliphatic carbocycles. The Hall–Kier alpha value is -2.69. The lowest BCUT2D eigenvalue weighted by Crippen LogP contribution is -2.40. The van der Waals surface area contributed by atoms with Crippen molar-refractivity contribution >= 4 is 5.91 Å². The van der Waals surface area contributed by atoms with Crippen molar-refractivity contribution in [3.63, 3.8) is 0 Å². The average Bonchev–Trinajstić information content (AvgIpc) is 2.64. The van der Waals surface area contributed by atoms with Crippen molar-refractivity contribution in [1.29, 1.82) is 0 Å². The third-order valence-electron chi connectivity index (χ3n) is 3.65. The van der Waals surface area contributed by atoms with E-state index >= 15 is 0 Å². The van der Waals surface area contributed by atoms with E-state index in [9.17, 15) is 4.79 Å². The summed E-state index contributed by atoms with van der Waals surface area (Å²) in [7, 11) is 0. The summed E-state index contributed by atoms with van der Waals surface area (Å²) in [5.74, 6) is 2.08. The third kappa shape index (κ3) is 3.98. The molecule has 1 aliphatic rings. The molecule has 0 saturated heterocycles. The van der Waals surface area contributed by atoms with Crippen molar-refractivity contribution in [1.82, 2.24) is 5.32 Å². The zero-order chi connectivity index (χ0) is 16.8. The molecule has 0 radical (unpaired) electrons. The predicted octanol–water partition coefficient (Wildman–Crippen LogP) is 3.05. The first-order valence-corrected chi connectivity index (χ1v) is 8.16. The molecule has 1 atom stereocenters. The highest BCUT2D eigenvalue weighted by molar-refractivity contribution is 5.94. The summed E-state index contributed by atoms with van der Waals surface area (Å²) in [6.07, 6.45) is 0.755. The second kappa shape index (κ2) is 7.73. The van der Waals surface area contributed by atoms with Gasteiger partial charge in [-0.2, -0.15) is 0 Å². The van der Waals surface area contributed by atoms with E-state index in [4.69, 9.17) is 14.2 Å². The summed E-state index contributed by atoms with van der Waals surface area (Å²) in [6, 6.07) is 14.7. The monoisotopic (exact) mass is 327 g/mol. The second-order valence-electron chi connectivity index (χ2n) is 5.58. The van der Waals surface area contributed by atoms with E-state index in [-0.39, 0.29) is 12.0 Å². The van der Waals surface area contributed by atoms with Crippen LogP contribution in [-0.4, -0.2) is 31.8 Å². The Kier molecular flexibility index (Phi) is 5.21. The molecule has 0 bridgehead atoms. The Bertz CT molecular complexity index is 684. The Balaban J connectivity index is 1.51. The molecule has 1 aliphatic heterocycles. The van der Waals surface area contributed by atoms with Gasteiger partial charge in [0.2, 0.25) is 0 Å². The fraction of sp³-hybridized carbons (Fsp3) is 0.316. The van der Waals surface area contributed by atoms with E-state index in [1.54, 1.807) is 24.3 Å². The summed E-state index contributed by atoms with van der Waals surface area (Å²) in [5.41, 5.74) is 0.593. The molecule has 1 heterocycles. The Morgan fingerprint density at radius 3 is 2.67 bits per heavy atom. The number of ether oxygens (including phenoxy) is 3. The van der Waals surface area contributed by atoms with Crippen molar-refractivity contribution in [2.24, 2.45) is 0 Å². The fourth-order valence-corrected chi connectivity index (χ4v) is 2.39. The molecule has 5 heteroatoms. The molecule has 0 saturated carbocycles. The van der Waals surface area contributed by atoms with E-state index in [1.807, 2.05) is 24.3 Å². The molecule has 5 nitrogen and oxygen atoms in total. The topological polar surface area (TPSA) is 56.8 Å². The number of nitrogens with one attached hydrogen (secondary N) is 1. The van der Waals surface area contributed by atoms with Crippen LogP contribution >= 0.6 is 0 Å². The summed E-state index contributed by atoms with van der Waals surface area (Å²) in [6.45, 7) is 3.53. The van der Waals surface area contributed by atoms with Crippen LogP contribution in [0.5, 0.6) is 17.2 Å². The van der Waals surface area contributed by atoms with Crippen LogP contribution in [0.3, 0.4) is 0 Å². The summed E-state index contributed by atoms with van der Waals surface area (Å²) in [4.78, 5) is 12.2. The zero-order valence-corrected chi connectivity index (χ0v) is 13.7. The lowest BCUT2D eigenvalue weighted by Gasteiger charge is -2.26. The summed E-state index contributed by atoms with van der Waals surface area (Å²) < 4.78 is 17.0. The molecular weight excluding hydrogens is 306 g/mol.